The minimum atomic E-state index is -0.164. The molecule has 2 heteroatoms. The third-order valence-corrected chi connectivity index (χ3v) is 5.12. The van der Waals surface area contributed by atoms with Crippen LogP contribution in [0.25, 0.3) is 0 Å². The number of esters is 1. The van der Waals surface area contributed by atoms with Gasteiger partial charge >= 0.3 is 5.97 Å². The van der Waals surface area contributed by atoms with E-state index in [1.807, 2.05) is 0 Å². The highest BCUT2D eigenvalue weighted by Gasteiger charge is 2.38. The summed E-state index contributed by atoms with van der Waals surface area (Å²) in [4.78, 5) is 12.1. The standard InChI is InChI=1S/C16H24O2/c1-16(7-3-2-4-8-16)18-15(17)11-14-10-12-5-6-13(14)9-12/h5-6,12-14H,2-4,7-11H2,1H3. The maximum absolute atomic E-state index is 12.1. The molecule has 3 rings (SSSR count). The summed E-state index contributed by atoms with van der Waals surface area (Å²) in [6.07, 6.45) is 13.6. The number of hydrogen-bond donors (Lipinski definition) is 0. The lowest BCUT2D eigenvalue weighted by molar-refractivity contribution is -0.162. The van der Waals surface area contributed by atoms with E-state index in [-0.39, 0.29) is 11.6 Å². The summed E-state index contributed by atoms with van der Waals surface area (Å²) in [5.41, 5.74) is -0.164. The van der Waals surface area contributed by atoms with Gasteiger partial charge in [-0.2, -0.15) is 0 Å². The number of hydrogen-bond acceptors (Lipinski definition) is 2. The van der Waals surface area contributed by atoms with Crippen molar-refractivity contribution in [2.75, 3.05) is 0 Å². The Morgan fingerprint density at radius 2 is 2.00 bits per heavy atom. The highest BCUT2D eigenvalue weighted by atomic mass is 16.6. The fourth-order valence-electron chi connectivity index (χ4n) is 4.06. The molecule has 3 atom stereocenters. The van der Waals surface area contributed by atoms with Crippen molar-refractivity contribution in [3.8, 4) is 0 Å². The zero-order chi connectivity index (χ0) is 12.6. The second-order valence-electron chi connectivity index (χ2n) is 6.73. The second kappa shape index (κ2) is 4.71. The number of ether oxygens (including phenoxy) is 1. The molecule has 0 saturated heterocycles. The van der Waals surface area contributed by atoms with E-state index in [0.717, 1.165) is 18.8 Å². The first-order valence-electron chi connectivity index (χ1n) is 7.55. The summed E-state index contributed by atoms with van der Waals surface area (Å²) in [5.74, 6) is 2.00. The van der Waals surface area contributed by atoms with Gasteiger partial charge in [0, 0.05) is 6.42 Å². The van der Waals surface area contributed by atoms with E-state index in [1.165, 1.54) is 32.1 Å². The number of fused-ring (bicyclic) bond motifs is 2. The molecule has 0 radical (unpaired) electrons. The van der Waals surface area contributed by atoms with Crippen LogP contribution in [0.2, 0.25) is 0 Å². The van der Waals surface area contributed by atoms with Crippen molar-refractivity contribution in [1.82, 2.24) is 0 Å². The quantitative estimate of drug-likeness (QED) is 0.560. The third-order valence-electron chi connectivity index (χ3n) is 5.12. The summed E-state index contributed by atoms with van der Waals surface area (Å²) in [6.45, 7) is 2.12. The van der Waals surface area contributed by atoms with Gasteiger partial charge in [-0.05, 0) is 63.2 Å². The van der Waals surface area contributed by atoms with Gasteiger partial charge < -0.3 is 4.74 Å². The molecule has 2 saturated carbocycles. The van der Waals surface area contributed by atoms with Crippen molar-refractivity contribution in [1.29, 1.82) is 0 Å². The van der Waals surface area contributed by atoms with Crippen LogP contribution in [0, 0.1) is 17.8 Å². The predicted molar refractivity (Wildman–Crippen MR) is 71.0 cm³/mol. The van der Waals surface area contributed by atoms with Gasteiger partial charge in [-0.25, -0.2) is 0 Å². The summed E-state index contributed by atoms with van der Waals surface area (Å²) in [6, 6.07) is 0. The zero-order valence-corrected chi connectivity index (χ0v) is 11.4. The van der Waals surface area contributed by atoms with E-state index in [1.54, 1.807) is 0 Å². The molecule has 0 N–H and O–H groups in total. The molecule has 3 aliphatic rings. The first kappa shape index (κ1) is 12.3. The lowest BCUT2D eigenvalue weighted by Gasteiger charge is -2.33. The Morgan fingerprint density at radius 1 is 1.22 bits per heavy atom. The second-order valence-corrected chi connectivity index (χ2v) is 6.73. The molecular formula is C16H24O2. The summed E-state index contributed by atoms with van der Waals surface area (Å²) in [7, 11) is 0. The Kier molecular flexibility index (Phi) is 3.21. The van der Waals surface area contributed by atoms with E-state index < -0.39 is 0 Å². The molecule has 2 bridgehead atoms. The fourth-order valence-corrected chi connectivity index (χ4v) is 4.06. The lowest BCUT2D eigenvalue weighted by atomic mass is 9.86. The van der Waals surface area contributed by atoms with Gasteiger partial charge in [-0.3, -0.25) is 4.79 Å². The molecule has 3 aliphatic carbocycles. The van der Waals surface area contributed by atoms with Crippen LogP contribution in [0.1, 0.15) is 58.3 Å². The fraction of sp³-hybridized carbons (Fsp3) is 0.812. The van der Waals surface area contributed by atoms with Crippen LogP contribution in [-0.4, -0.2) is 11.6 Å². The van der Waals surface area contributed by atoms with Gasteiger partial charge in [-0.15, -0.1) is 0 Å². The van der Waals surface area contributed by atoms with Crippen molar-refractivity contribution >= 4 is 5.97 Å². The minimum Gasteiger partial charge on any atom is -0.459 e. The van der Waals surface area contributed by atoms with Crippen molar-refractivity contribution in [2.24, 2.45) is 17.8 Å². The molecule has 0 aromatic heterocycles. The van der Waals surface area contributed by atoms with Crippen LogP contribution >= 0.6 is 0 Å². The van der Waals surface area contributed by atoms with Crippen LogP contribution in [0.3, 0.4) is 0 Å². The first-order chi connectivity index (χ1) is 8.65. The van der Waals surface area contributed by atoms with Crippen LogP contribution in [-0.2, 0) is 9.53 Å². The van der Waals surface area contributed by atoms with Crippen LogP contribution < -0.4 is 0 Å². The average molecular weight is 248 g/mol. The number of carbonyl (C=O) groups is 1. The van der Waals surface area contributed by atoms with Crippen molar-refractivity contribution in [3.05, 3.63) is 12.2 Å². The van der Waals surface area contributed by atoms with Gasteiger partial charge in [0.25, 0.3) is 0 Å². The molecular weight excluding hydrogens is 224 g/mol. The van der Waals surface area contributed by atoms with Gasteiger partial charge in [0.15, 0.2) is 0 Å². The smallest absolute Gasteiger partial charge is 0.306 e. The van der Waals surface area contributed by atoms with Crippen LogP contribution in [0.5, 0.6) is 0 Å². The van der Waals surface area contributed by atoms with Gasteiger partial charge in [-0.1, -0.05) is 18.6 Å². The average Bonchev–Trinajstić information content (AvgIpc) is 2.90. The number of carbonyl (C=O) groups excluding carboxylic acids is 1. The SMILES string of the molecule is CC1(OC(=O)CC2CC3C=CC2C3)CCCCC1. The van der Waals surface area contributed by atoms with E-state index in [9.17, 15) is 4.79 Å². The Balaban J connectivity index is 1.51. The highest BCUT2D eigenvalue weighted by Crippen LogP contribution is 2.45. The molecule has 0 aromatic rings. The van der Waals surface area contributed by atoms with Gasteiger partial charge in [0.05, 0.1) is 0 Å². The van der Waals surface area contributed by atoms with Gasteiger partial charge in [0.2, 0.25) is 0 Å². The van der Waals surface area contributed by atoms with E-state index >= 15 is 0 Å². The maximum atomic E-state index is 12.1. The molecule has 3 unspecified atom stereocenters. The largest absolute Gasteiger partial charge is 0.459 e. The molecule has 0 amide bonds. The maximum Gasteiger partial charge on any atom is 0.306 e. The van der Waals surface area contributed by atoms with Crippen molar-refractivity contribution in [3.63, 3.8) is 0 Å². The number of allylic oxidation sites excluding steroid dienone is 2. The first-order valence-corrected chi connectivity index (χ1v) is 7.55. The highest BCUT2D eigenvalue weighted by molar-refractivity contribution is 5.70. The molecule has 0 spiro atoms. The molecule has 100 valence electrons. The predicted octanol–water partition coefficient (Wildman–Crippen LogP) is 3.85. The topological polar surface area (TPSA) is 26.3 Å². The Bertz CT molecular complexity index is 352. The normalized spacial score (nSPS) is 36.8. The summed E-state index contributed by atoms with van der Waals surface area (Å²) in [5, 5.41) is 0. The molecule has 18 heavy (non-hydrogen) atoms. The summed E-state index contributed by atoms with van der Waals surface area (Å²) < 4.78 is 5.79. The molecule has 0 heterocycles. The molecule has 2 nitrogen and oxygen atoms in total. The Morgan fingerprint density at radius 3 is 2.61 bits per heavy atom. The van der Waals surface area contributed by atoms with Gasteiger partial charge in [0.1, 0.15) is 5.60 Å². The third kappa shape index (κ3) is 2.48. The number of rotatable bonds is 3. The molecule has 0 aromatic carbocycles. The van der Waals surface area contributed by atoms with Crippen molar-refractivity contribution < 1.29 is 9.53 Å². The van der Waals surface area contributed by atoms with Crippen LogP contribution in [0.4, 0.5) is 0 Å². The van der Waals surface area contributed by atoms with Crippen molar-refractivity contribution in [2.45, 2.75) is 63.9 Å². The Labute approximate surface area is 110 Å². The van der Waals surface area contributed by atoms with E-state index in [2.05, 4.69) is 19.1 Å². The molecule has 0 aliphatic heterocycles. The zero-order valence-electron chi connectivity index (χ0n) is 11.4. The molecule has 2 fully saturated rings. The monoisotopic (exact) mass is 248 g/mol. The Hall–Kier alpha value is -0.790. The van der Waals surface area contributed by atoms with Crippen LogP contribution in [0.15, 0.2) is 12.2 Å². The van der Waals surface area contributed by atoms with E-state index in [0.29, 0.717) is 18.3 Å². The van der Waals surface area contributed by atoms with E-state index in [4.69, 9.17) is 4.74 Å². The lowest BCUT2D eigenvalue weighted by Crippen LogP contribution is -2.34. The summed E-state index contributed by atoms with van der Waals surface area (Å²) >= 11 is 0. The minimum absolute atomic E-state index is 0.0466.